The van der Waals surface area contributed by atoms with Gasteiger partial charge in [-0.05, 0) is 30.3 Å². The summed E-state index contributed by atoms with van der Waals surface area (Å²) in [5.74, 6) is -5.56. The van der Waals surface area contributed by atoms with Crippen molar-refractivity contribution in [1.82, 2.24) is 10.2 Å². The molecule has 10 heteroatoms. The van der Waals surface area contributed by atoms with Crippen molar-refractivity contribution >= 4 is 28.8 Å². The number of halogens is 3. The molecule has 0 radical (unpaired) electrons. The summed E-state index contributed by atoms with van der Waals surface area (Å²) in [4.78, 5) is 14.2. The first-order valence-electron chi connectivity index (χ1n) is 8.70. The number of aromatic nitrogens is 2. The third-order valence-electron chi connectivity index (χ3n) is 4.14. The Labute approximate surface area is 170 Å². The van der Waals surface area contributed by atoms with Crippen LogP contribution in [-0.2, 0) is 0 Å². The Kier molecular flexibility index (Phi) is 6.05. The predicted molar refractivity (Wildman–Crippen MR) is 107 cm³/mol. The molecule has 0 atom stereocenters. The molecule has 3 rings (SSSR count). The maximum Gasteiger partial charge on any atom is 0.258 e. The van der Waals surface area contributed by atoms with Crippen LogP contribution in [0.2, 0.25) is 0 Å². The lowest BCUT2D eigenvalue weighted by molar-refractivity contribution is 0.102. The number of carbonyl (C=O) groups is 1. The molecule has 0 spiro atoms. The molecule has 3 aromatic rings. The van der Waals surface area contributed by atoms with Crippen molar-refractivity contribution in [3.05, 3.63) is 65.6 Å². The van der Waals surface area contributed by atoms with Crippen LogP contribution in [-0.4, -0.2) is 37.3 Å². The van der Waals surface area contributed by atoms with E-state index in [1.807, 2.05) is 25.1 Å². The Morgan fingerprint density at radius 1 is 1.03 bits per heavy atom. The van der Waals surface area contributed by atoms with Gasteiger partial charge in [-0.15, -0.1) is 5.10 Å². The lowest BCUT2D eigenvalue weighted by Gasteiger charge is -2.13. The van der Waals surface area contributed by atoms with Crippen molar-refractivity contribution in [3.8, 4) is 5.75 Å². The van der Waals surface area contributed by atoms with Crippen LogP contribution in [0.5, 0.6) is 5.75 Å². The molecule has 1 amide bonds. The van der Waals surface area contributed by atoms with Crippen molar-refractivity contribution in [1.29, 1.82) is 0 Å². The molecule has 0 bridgehead atoms. The van der Waals surface area contributed by atoms with Crippen molar-refractivity contribution in [2.24, 2.45) is 0 Å². The minimum absolute atomic E-state index is 0.321. The Balaban J connectivity index is 1.74. The number of hydrogen-bond donors (Lipinski definition) is 2. The molecule has 30 heavy (non-hydrogen) atoms. The number of hydrogen-bond acceptors (Lipinski definition) is 6. The van der Waals surface area contributed by atoms with E-state index in [4.69, 9.17) is 0 Å². The highest BCUT2D eigenvalue weighted by Crippen LogP contribution is 2.28. The number of rotatable bonds is 6. The van der Waals surface area contributed by atoms with Gasteiger partial charge in [-0.1, -0.05) is 0 Å². The molecule has 0 aliphatic carbocycles. The number of benzene rings is 2. The van der Waals surface area contributed by atoms with Crippen LogP contribution in [0, 0.1) is 17.5 Å². The second-order valence-electron chi connectivity index (χ2n) is 6.42. The average Bonchev–Trinajstić information content (AvgIpc) is 2.72. The second kappa shape index (κ2) is 8.68. The summed E-state index contributed by atoms with van der Waals surface area (Å²) in [6.07, 6.45) is 1.62. The summed E-state index contributed by atoms with van der Waals surface area (Å²) >= 11 is 0. The zero-order valence-corrected chi connectivity index (χ0v) is 16.3. The molecular formula is C20H18F3N5O2. The second-order valence-corrected chi connectivity index (χ2v) is 6.42. The minimum Gasteiger partial charge on any atom is -0.491 e. The van der Waals surface area contributed by atoms with Gasteiger partial charge in [-0.3, -0.25) is 4.79 Å². The normalized spacial score (nSPS) is 10.5. The van der Waals surface area contributed by atoms with Gasteiger partial charge in [0.1, 0.15) is 0 Å². The van der Waals surface area contributed by atoms with Crippen LogP contribution in [0.4, 0.5) is 36.1 Å². The number of amides is 1. The molecule has 1 aromatic heterocycles. The van der Waals surface area contributed by atoms with Crippen LogP contribution < -0.4 is 20.3 Å². The van der Waals surface area contributed by atoms with Crippen molar-refractivity contribution in [3.63, 3.8) is 0 Å². The average molecular weight is 417 g/mol. The van der Waals surface area contributed by atoms with Gasteiger partial charge in [0.05, 0.1) is 24.6 Å². The molecule has 0 fully saturated rings. The molecule has 156 valence electrons. The Morgan fingerprint density at radius 3 is 2.33 bits per heavy atom. The van der Waals surface area contributed by atoms with Crippen LogP contribution in [0.25, 0.3) is 0 Å². The molecular weight excluding hydrogens is 399 g/mol. The van der Waals surface area contributed by atoms with Gasteiger partial charge in [0, 0.05) is 31.5 Å². The Hall–Kier alpha value is -3.82. The summed E-state index contributed by atoms with van der Waals surface area (Å²) in [6, 6.07) is 8.71. The number of anilines is 4. The van der Waals surface area contributed by atoms with Gasteiger partial charge in [-0.2, -0.15) is 9.49 Å². The zero-order chi connectivity index (χ0) is 21.8. The Bertz CT molecular complexity index is 1070. The van der Waals surface area contributed by atoms with Crippen LogP contribution in [0.15, 0.2) is 42.6 Å². The molecule has 0 saturated carbocycles. The monoisotopic (exact) mass is 417 g/mol. The minimum atomic E-state index is -1.50. The highest BCUT2D eigenvalue weighted by atomic mass is 19.2. The van der Waals surface area contributed by atoms with Gasteiger partial charge in [0.15, 0.2) is 23.2 Å². The molecule has 1 heterocycles. The number of nitrogens with one attached hydrogen (secondary N) is 2. The van der Waals surface area contributed by atoms with Crippen molar-refractivity contribution < 1.29 is 22.7 Å². The van der Waals surface area contributed by atoms with Crippen molar-refractivity contribution in [2.45, 2.75) is 0 Å². The summed E-state index contributed by atoms with van der Waals surface area (Å²) in [7, 11) is 4.74. The van der Waals surface area contributed by atoms with E-state index >= 15 is 0 Å². The number of methoxy groups -OCH3 is 1. The van der Waals surface area contributed by atoms with E-state index in [1.165, 1.54) is 0 Å². The summed E-state index contributed by atoms with van der Waals surface area (Å²) < 4.78 is 45.9. The standard InChI is InChI=1S/C20H18F3N5O2/c1-28(2)13-8-16(27-24-10-13)25-11-4-6-12(7-5-11)26-20(29)14-9-15(21)18(23)19(30-3)17(14)22/h4-10H,1-3H3,(H,25,27)(H,26,29). The first-order chi connectivity index (χ1) is 14.3. The van der Waals surface area contributed by atoms with E-state index in [2.05, 4.69) is 25.6 Å². The molecule has 0 aliphatic heterocycles. The third-order valence-corrected chi connectivity index (χ3v) is 4.14. The van der Waals surface area contributed by atoms with E-state index in [0.29, 0.717) is 23.3 Å². The topological polar surface area (TPSA) is 79.4 Å². The number of carbonyl (C=O) groups excluding carboxylic acids is 1. The first kappa shape index (κ1) is 20.9. The molecule has 0 aliphatic rings. The smallest absolute Gasteiger partial charge is 0.258 e. The summed E-state index contributed by atoms with van der Waals surface area (Å²) in [6.45, 7) is 0. The van der Waals surface area contributed by atoms with Gasteiger partial charge >= 0.3 is 0 Å². The van der Waals surface area contributed by atoms with Gasteiger partial charge in [0.25, 0.3) is 5.91 Å². The van der Waals surface area contributed by atoms with Crippen molar-refractivity contribution in [2.75, 3.05) is 36.7 Å². The lowest BCUT2D eigenvalue weighted by Crippen LogP contribution is -2.15. The Morgan fingerprint density at radius 2 is 1.70 bits per heavy atom. The zero-order valence-electron chi connectivity index (χ0n) is 16.3. The molecule has 2 N–H and O–H groups in total. The fraction of sp³-hybridized carbons (Fsp3) is 0.150. The number of ether oxygens (including phenoxy) is 1. The van der Waals surface area contributed by atoms with Gasteiger partial charge in [-0.25, -0.2) is 8.78 Å². The molecule has 0 unspecified atom stereocenters. The fourth-order valence-corrected chi connectivity index (χ4v) is 2.57. The van der Waals surface area contributed by atoms with Gasteiger partial charge in [0.2, 0.25) is 5.82 Å². The molecule has 2 aromatic carbocycles. The quantitative estimate of drug-likeness (QED) is 0.591. The fourth-order valence-electron chi connectivity index (χ4n) is 2.57. The highest BCUT2D eigenvalue weighted by Gasteiger charge is 2.23. The van der Waals surface area contributed by atoms with Crippen LogP contribution in [0.3, 0.4) is 0 Å². The molecule has 7 nitrogen and oxygen atoms in total. The third kappa shape index (κ3) is 4.43. The van der Waals surface area contributed by atoms with E-state index in [1.54, 1.807) is 30.5 Å². The summed E-state index contributed by atoms with van der Waals surface area (Å²) in [5, 5.41) is 13.4. The van der Waals surface area contributed by atoms with Crippen LogP contribution >= 0.6 is 0 Å². The molecule has 0 saturated heterocycles. The highest BCUT2D eigenvalue weighted by molar-refractivity contribution is 6.04. The first-order valence-corrected chi connectivity index (χ1v) is 8.70. The maximum atomic E-state index is 14.2. The van der Waals surface area contributed by atoms with E-state index in [0.717, 1.165) is 12.8 Å². The largest absolute Gasteiger partial charge is 0.491 e. The summed E-state index contributed by atoms with van der Waals surface area (Å²) in [5.41, 5.74) is 1.17. The van der Waals surface area contributed by atoms with E-state index in [9.17, 15) is 18.0 Å². The van der Waals surface area contributed by atoms with E-state index < -0.39 is 34.7 Å². The SMILES string of the molecule is COc1c(F)c(F)cc(C(=O)Nc2ccc(Nc3cc(N(C)C)cnn3)cc2)c1F. The van der Waals surface area contributed by atoms with Gasteiger partial charge < -0.3 is 20.3 Å². The predicted octanol–water partition coefficient (Wildman–Crippen LogP) is 3.96. The van der Waals surface area contributed by atoms with Crippen LogP contribution in [0.1, 0.15) is 10.4 Å². The lowest BCUT2D eigenvalue weighted by atomic mass is 10.1. The van der Waals surface area contributed by atoms with E-state index in [-0.39, 0.29) is 0 Å². The maximum absolute atomic E-state index is 14.2. The number of nitrogens with zero attached hydrogens (tertiary/aromatic N) is 3.